The van der Waals surface area contributed by atoms with Gasteiger partial charge in [-0.25, -0.2) is 0 Å². The van der Waals surface area contributed by atoms with E-state index >= 15 is 0 Å². The Kier molecular flexibility index (Phi) is 7.65. The Morgan fingerprint density at radius 3 is 2.61 bits per heavy atom. The van der Waals surface area contributed by atoms with Crippen molar-refractivity contribution in [3.63, 3.8) is 0 Å². The summed E-state index contributed by atoms with van der Waals surface area (Å²) in [5.41, 5.74) is -0.687. The van der Waals surface area contributed by atoms with Crippen LogP contribution in [0.4, 0.5) is 15.8 Å². The van der Waals surface area contributed by atoms with Crippen molar-refractivity contribution in [3.05, 3.63) is 64.0 Å². The van der Waals surface area contributed by atoms with Gasteiger partial charge in [-0.1, -0.05) is 10.6 Å². The topological polar surface area (TPSA) is 145 Å². The molecule has 1 fully saturated rings. The minimum absolute atomic E-state index is 0.0232. The van der Waals surface area contributed by atoms with E-state index in [-0.39, 0.29) is 22.7 Å². The van der Waals surface area contributed by atoms with Crippen LogP contribution in [0.25, 0.3) is 0 Å². The number of anilines is 1. The Bertz CT molecular complexity index is 889. The normalized spacial score (nSPS) is 16.0. The molecular formula is C17H17FN3O6P. The fraction of sp³-hybridized carbons (Fsp3) is 0.235. The number of aliphatic hydroxyl groups excluding tert-OH is 1. The molecule has 1 amide bonds. The number of nitro groups is 1. The van der Waals surface area contributed by atoms with Crippen LogP contribution < -0.4 is 20.8 Å². The fourth-order valence-electron chi connectivity index (χ4n) is 2.33. The van der Waals surface area contributed by atoms with Gasteiger partial charge in [0.15, 0.2) is 5.30 Å². The van der Waals surface area contributed by atoms with E-state index in [1.165, 1.54) is 24.3 Å². The largest absolute Gasteiger partial charge is 0.591 e. The Morgan fingerprint density at radius 1 is 1.32 bits per heavy atom. The summed E-state index contributed by atoms with van der Waals surface area (Å²) in [6.45, 7) is 1.78. The summed E-state index contributed by atoms with van der Waals surface area (Å²) in [4.78, 5) is 32.6. The average Bonchev–Trinajstić information content (AvgIpc) is 3.14. The molecule has 28 heavy (non-hydrogen) atoms. The van der Waals surface area contributed by atoms with Crippen molar-refractivity contribution in [2.24, 2.45) is 0 Å². The van der Waals surface area contributed by atoms with Crippen LogP contribution in [-0.4, -0.2) is 35.1 Å². The summed E-state index contributed by atoms with van der Waals surface area (Å²) in [5, 5.41) is 24.6. The molecular weight excluding hydrogens is 392 g/mol. The number of carbonyl (C=O) groups is 1. The Morgan fingerprint density at radius 2 is 2.07 bits per heavy atom. The Hall–Kier alpha value is -2.78. The lowest BCUT2D eigenvalue weighted by atomic mass is 10.2. The van der Waals surface area contributed by atoms with Crippen LogP contribution >= 0.6 is 8.03 Å². The molecule has 148 valence electrons. The van der Waals surface area contributed by atoms with Gasteiger partial charge in [0.2, 0.25) is 5.82 Å². The second-order valence-electron chi connectivity index (χ2n) is 5.83. The molecule has 0 spiro atoms. The zero-order valence-electron chi connectivity index (χ0n) is 14.5. The van der Waals surface area contributed by atoms with E-state index in [1.807, 2.05) is 0 Å². The molecule has 0 aliphatic carbocycles. The van der Waals surface area contributed by atoms with Crippen LogP contribution in [0.5, 0.6) is 0 Å². The van der Waals surface area contributed by atoms with Crippen molar-refractivity contribution in [2.45, 2.75) is 12.5 Å². The number of carbonyl (C=O) groups excluding carboxylic acids is 1. The van der Waals surface area contributed by atoms with Gasteiger partial charge in [0.05, 0.1) is 11.0 Å². The first-order valence-electron chi connectivity index (χ1n) is 8.16. The predicted molar refractivity (Wildman–Crippen MR) is 98.2 cm³/mol. The monoisotopic (exact) mass is 409 g/mol. The Labute approximate surface area is 160 Å². The third-order valence-electron chi connectivity index (χ3n) is 3.75. The first-order valence-corrected chi connectivity index (χ1v) is 9.34. The highest BCUT2D eigenvalue weighted by Crippen LogP contribution is 2.22. The number of halogens is 1. The number of benzene rings is 2. The van der Waals surface area contributed by atoms with Gasteiger partial charge in [-0.3, -0.25) is 14.9 Å². The fourth-order valence-corrected chi connectivity index (χ4v) is 2.79. The van der Waals surface area contributed by atoms with Crippen LogP contribution in [0.2, 0.25) is 0 Å². The quantitative estimate of drug-likeness (QED) is 0.389. The second-order valence-corrected chi connectivity index (χ2v) is 6.86. The van der Waals surface area contributed by atoms with Gasteiger partial charge in [-0.15, -0.1) is 0 Å². The van der Waals surface area contributed by atoms with E-state index in [4.69, 9.17) is 5.11 Å². The molecule has 2 aromatic rings. The number of hydrogen-bond acceptors (Lipinski definition) is 7. The van der Waals surface area contributed by atoms with Crippen molar-refractivity contribution >= 4 is 30.6 Å². The highest BCUT2D eigenvalue weighted by molar-refractivity contribution is 7.45. The minimum Gasteiger partial charge on any atom is -0.591 e. The third-order valence-corrected chi connectivity index (χ3v) is 4.45. The summed E-state index contributed by atoms with van der Waals surface area (Å²) < 4.78 is 24.1. The molecule has 0 bridgehead atoms. The molecule has 3 N–H and O–H groups in total. The van der Waals surface area contributed by atoms with Crippen LogP contribution in [0.15, 0.2) is 42.5 Å². The van der Waals surface area contributed by atoms with Crippen molar-refractivity contribution < 1.29 is 28.7 Å². The lowest BCUT2D eigenvalue weighted by Gasteiger charge is -2.05. The molecule has 0 saturated carbocycles. The van der Waals surface area contributed by atoms with Crippen molar-refractivity contribution in [1.82, 2.24) is 5.32 Å². The third kappa shape index (κ3) is 6.14. The molecule has 3 rings (SSSR count). The maximum Gasteiger partial charge on any atom is 0.348 e. The molecule has 0 radical (unpaired) electrons. The molecule has 1 aliphatic heterocycles. The Balaban J connectivity index is 0.000000397. The molecule has 9 nitrogen and oxygen atoms in total. The van der Waals surface area contributed by atoms with E-state index in [0.29, 0.717) is 0 Å². The molecule has 11 heteroatoms. The molecule has 1 heterocycles. The summed E-state index contributed by atoms with van der Waals surface area (Å²) >= 11 is 0. The highest BCUT2D eigenvalue weighted by atomic mass is 31.1. The smallest absolute Gasteiger partial charge is 0.348 e. The maximum absolute atomic E-state index is 13.2. The van der Waals surface area contributed by atoms with Crippen molar-refractivity contribution in [2.75, 3.05) is 18.4 Å². The molecule has 2 aromatic carbocycles. The molecule has 1 saturated heterocycles. The van der Waals surface area contributed by atoms with Crippen LogP contribution in [0.1, 0.15) is 16.8 Å². The lowest BCUT2D eigenvalue weighted by molar-refractivity contribution is -0.387. The number of rotatable bonds is 4. The number of aliphatic hydroxyl groups is 1. The van der Waals surface area contributed by atoms with Gasteiger partial charge >= 0.3 is 13.7 Å². The molecule has 2 atom stereocenters. The number of amides is 1. The first-order chi connectivity index (χ1) is 13.3. The van der Waals surface area contributed by atoms with E-state index in [1.54, 1.807) is 0 Å². The van der Waals surface area contributed by atoms with Crippen LogP contribution in [-0.2, 0) is 4.57 Å². The van der Waals surface area contributed by atoms with Gasteiger partial charge < -0.3 is 20.6 Å². The molecule has 1 aliphatic rings. The van der Waals surface area contributed by atoms with Crippen molar-refractivity contribution in [3.8, 4) is 0 Å². The second kappa shape index (κ2) is 9.95. The van der Waals surface area contributed by atoms with Gasteiger partial charge in [0.25, 0.3) is 5.91 Å². The SMILES string of the molecule is O=C(Nc1ccc(F)c([N+](=O)[O-])c1)c1cccc([P+](=O)[O-])c1.OC1CCNC1. The number of hydrogen-bond donors (Lipinski definition) is 3. The predicted octanol–water partition coefficient (Wildman–Crippen LogP) is 1.05. The number of nitrogens with one attached hydrogen (secondary N) is 2. The van der Waals surface area contributed by atoms with Gasteiger partial charge in [-0.2, -0.15) is 4.39 Å². The van der Waals surface area contributed by atoms with Gasteiger partial charge in [-0.05, 0) is 37.2 Å². The number of nitro benzene ring substituents is 1. The van der Waals surface area contributed by atoms with Crippen LogP contribution in [0, 0.1) is 15.9 Å². The standard InChI is InChI=1S/C13H8FN2O5P.C4H9NO/c14-11-5-4-9(7-12(11)16(18)19)15-13(17)8-2-1-3-10(6-8)22(20)21;6-4-1-2-5-3-4/h1-7H,(H,15,17);4-6H,1-3H2. The summed E-state index contributed by atoms with van der Waals surface area (Å²) in [6, 6.07) is 8.17. The van der Waals surface area contributed by atoms with Gasteiger partial charge in [0.1, 0.15) is 0 Å². The first kappa shape index (κ1) is 21.5. The lowest BCUT2D eigenvalue weighted by Crippen LogP contribution is -2.15. The zero-order chi connectivity index (χ0) is 20.7. The van der Waals surface area contributed by atoms with Gasteiger partial charge in [0, 0.05) is 29.9 Å². The maximum atomic E-state index is 13.2. The minimum atomic E-state index is -2.83. The van der Waals surface area contributed by atoms with E-state index < -0.39 is 30.4 Å². The number of β-amino-alcohol motifs (C(OH)–C–C–N with tert-alkyl or cyclic N) is 1. The van der Waals surface area contributed by atoms with E-state index in [9.17, 15) is 28.8 Å². The summed E-state index contributed by atoms with van der Waals surface area (Å²) in [6.07, 6.45) is 0.866. The average molecular weight is 409 g/mol. The summed E-state index contributed by atoms with van der Waals surface area (Å²) in [7, 11) is -2.83. The van der Waals surface area contributed by atoms with Crippen LogP contribution in [0.3, 0.4) is 0 Å². The summed E-state index contributed by atoms with van der Waals surface area (Å²) in [5.74, 6) is -1.69. The van der Waals surface area contributed by atoms with Crippen molar-refractivity contribution in [1.29, 1.82) is 0 Å². The molecule has 0 aromatic heterocycles. The van der Waals surface area contributed by atoms with E-state index in [0.717, 1.165) is 37.7 Å². The van der Waals surface area contributed by atoms with E-state index in [2.05, 4.69) is 10.6 Å². The molecule has 2 unspecified atom stereocenters. The number of nitrogens with zero attached hydrogens (tertiary/aromatic N) is 1. The highest BCUT2D eigenvalue weighted by Gasteiger charge is 2.17. The zero-order valence-corrected chi connectivity index (χ0v) is 15.4.